The van der Waals surface area contributed by atoms with Gasteiger partial charge in [-0.05, 0) is 6.42 Å². The molecule has 0 saturated carbocycles. The highest BCUT2D eigenvalue weighted by atomic mass is 16.7. The van der Waals surface area contributed by atoms with Gasteiger partial charge < -0.3 is 19.3 Å². The second-order valence-electron chi connectivity index (χ2n) is 2.99. The second kappa shape index (κ2) is 5.85. The van der Waals surface area contributed by atoms with E-state index in [-0.39, 0.29) is 5.57 Å². The Labute approximate surface area is 89.6 Å². The molecular formula is C10H18O5. The Morgan fingerprint density at radius 3 is 2.07 bits per heavy atom. The quantitative estimate of drug-likeness (QED) is 0.511. The molecule has 0 bridgehead atoms. The normalized spacial score (nSPS) is 13.6. The van der Waals surface area contributed by atoms with Crippen LogP contribution in [-0.4, -0.2) is 44.3 Å². The third kappa shape index (κ3) is 2.56. The summed E-state index contributed by atoms with van der Waals surface area (Å²) >= 11 is 0. The van der Waals surface area contributed by atoms with Crippen LogP contribution in [0.15, 0.2) is 12.2 Å². The molecule has 0 spiro atoms. The maximum absolute atomic E-state index is 10.9. The fourth-order valence-electron chi connectivity index (χ4n) is 1.53. The van der Waals surface area contributed by atoms with E-state index in [9.17, 15) is 4.79 Å². The summed E-state index contributed by atoms with van der Waals surface area (Å²) in [5.74, 6) is -2.61. The zero-order valence-electron chi connectivity index (χ0n) is 9.57. The molecule has 0 aromatic rings. The average Bonchev–Trinajstić information content (AvgIpc) is 2.25. The molecule has 0 heterocycles. The van der Waals surface area contributed by atoms with E-state index < -0.39 is 17.9 Å². The molecule has 0 fully saturated rings. The predicted molar refractivity (Wildman–Crippen MR) is 54.6 cm³/mol. The first-order chi connectivity index (χ1) is 6.99. The number of hydrogen-bond donors (Lipinski definition) is 1. The molecule has 0 aromatic carbocycles. The van der Waals surface area contributed by atoms with Crippen molar-refractivity contribution in [2.75, 3.05) is 21.3 Å². The van der Waals surface area contributed by atoms with Crippen LogP contribution < -0.4 is 0 Å². The molecule has 1 unspecified atom stereocenters. The van der Waals surface area contributed by atoms with Gasteiger partial charge in [-0.2, -0.15) is 0 Å². The maximum atomic E-state index is 10.9. The van der Waals surface area contributed by atoms with E-state index in [0.717, 1.165) is 0 Å². The summed E-state index contributed by atoms with van der Waals surface area (Å²) in [6.07, 6.45) is 0.0286. The van der Waals surface area contributed by atoms with E-state index in [1.165, 1.54) is 21.3 Å². The van der Waals surface area contributed by atoms with Gasteiger partial charge in [0.15, 0.2) is 0 Å². The summed E-state index contributed by atoms with van der Waals surface area (Å²) in [7, 11) is 4.19. The van der Waals surface area contributed by atoms with Crippen molar-refractivity contribution in [3.63, 3.8) is 0 Å². The van der Waals surface area contributed by atoms with Crippen molar-refractivity contribution >= 4 is 5.97 Å². The molecule has 88 valence electrons. The van der Waals surface area contributed by atoms with Crippen molar-refractivity contribution in [2.24, 2.45) is 0 Å². The van der Waals surface area contributed by atoms with Crippen LogP contribution in [0.3, 0.4) is 0 Å². The van der Waals surface area contributed by atoms with Crippen molar-refractivity contribution in [3.05, 3.63) is 12.2 Å². The van der Waals surface area contributed by atoms with E-state index >= 15 is 0 Å². The summed E-state index contributed by atoms with van der Waals surface area (Å²) < 4.78 is 15.4. The highest BCUT2D eigenvalue weighted by Crippen LogP contribution is 2.29. The molecule has 5 heteroatoms. The Kier molecular flexibility index (Phi) is 5.49. The first-order valence-electron chi connectivity index (χ1n) is 4.55. The standard InChI is InChI=1S/C10H18O5/c1-6-8(13-3)10(14-4,15-5)7(2)9(11)12/h8H,2,6H2,1,3-5H3,(H,11,12). The molecule has 1 atom stereocenters. The Hall–Kier alpha value is -0.910. The number of rotatable bonds is 7. The molecular weight excluding hydrogens is 200 g/mol. The number of hydrogen-bond acceptors (Lipinski definition) is 4. The van der Waals surface area contributed by atoms with Gasteiger partial charge in [-0.25, -0.2) is 4.79 Å². The first kappa shape index (κ1) is 14.1. The van der Waals surface area contributed by atoms with Gasteiger partial charge in [-0.3, -0.25) is 0 Å². The summed E-state index contributed by atoms with van der Waals surface area (Å²) in [5, 5.41) is 8.90. The number of carboxylic acid groups (broad SMARTS) is 1. The Morgan fingerprint density at radius 1 is 1.40 bits per heavy atom. The molecule has 0 aliphatic rings. The van der Waals surface area contributed by atoms with Crippen LogP contribution >= 0.6 is 0 Å². The summed E-state index contributed by atoms with van der Waals surface area (Å²) in [6.45, 7) is 5.30. The molecule has 0 saturated heterocycles. The Balaban J connectivity index is 5.19. The lowest BCUT2D eigenvalue weighted by atomic mass is 9.99. The Morgan fingerprint density at radius 2 is 1.87 bits per heavy atom. The maximum Gasteiger partial charge on any atom is 0.336 e. The van der Waals surface area contributed by atoms with Crippen molar-refractivity contribution in [2.45, 2.75) is 25.2 Å². The van der Waals surface area contributed by atoms with Crippen molar-refractivity contribution in [3.8, 4) is 0 Å². The summed E-state index contributed by atoms with van der Waals surface area (Å²) in [5.41, 5.74) is -0.179. The van der Waals surface area contributed by atoms with Crippen LogP contribution in [0.1, 0.15) is 13.3 Å². The lowest BCUT2D eigenvalue weighted by Gasteiger charge is -2.36. The van der Waals surface area contributed by atoms with Crippen LogP contribution in [0.2, 0.25) is 0 Å². The molecule has 0 aliphatic heterocycles. The lowest BCUT2D eigenvalue weighted by Crippen LogP contribution is -2.50. The summed E-state index contributed by atoms with van der Waals surface area (Å²) in [6, 6.07) is 0. The first-order valence-corrected chi connectivity index (χ1v) is 4.55. The summed E-state index contributed by atoms with van der Waals surface area (Å²) in [4.78, 5) is 10.9. The topological polar surface area (TPSA) is 65.0 Å². The van der Waals surface area contributed by atoms with Crippen molar-refractivity contribution < 1.29 is 24.1 Å². The monoisotopic (exact) mass is 218 g/mol. The molecule has 1 N–H and O–H groups in total. The van der Waals surface area contributed by atoms with E-state index in [1.807, 2.05) is 6.92 Å². The molecule has 0 aliphatic carbocycles. The molecule has 0 rings (SSSR count). The SMILES string of the molecule is C=C(C(=O)O)C(OC)(OC)C(CC)OC. The van der Waals surface area contributed by atoms with Crippen molar-refractivity contribution in [1.82, 2.24) is 0 Å². The van der Waals surface area contributed by atoms with Crippen LogP contribution in [0.5, 0.6) is 0 Å². The van der Waals surface area contributed by atoms with Gasteiger partial charge in [0.1, 0.15) is 6.10 Å². The van der Waals surface area contributed by atoms with E-state index in [0.29, 0.717) is 6.42 Å². The number of carbonyl (C=O) groups is 1. The van der Waals surface area contributed by atoms with Gasteiger partial charge in [0, 0.05) is 21.3 Å². The van der Waals surface area contributed by atoms with Gasteiger partial charge >= 0.3 is 5.97 Å². The molecule has 0 amide bonds. The lowest BCUT2D eigenvalue weighted by molar-refractivity contribution is -0.241. The zero-order chi connectivity index (χ0) is 12.1. The predicted octanol–water partition coefficient (Wildman–Crippen LogP) is 1.04. The zero-order valence-corrected chi connectivity index (χ0v) is 9.57. The fourth-order valence-corrected chi connectivity index (χ4v) is 1.53. The smallest absolute Gasteiger partial charge is 0.336 e. The molecule has 15 heavy (non-hydrogen) atoms. The minimum absolute atomic E-state index is 0.179. The Bertz CT molecular complexity index is 228. The van der Waals surface area contributed by atoms with Gasteiger partial charge in [-0.15, -0.1) is 0 Å². The van der Waals surface area contributed by atoms with Crippen LogP contribution in [0.4, 0.5) is 0 Å². The number of ether oxygens (including phenoxy) is 3. The third-order valence-corrected chi connectivity index (χ3v) is 2.36. The molecule has 0 radical (unpaired) electrons. The average molecular weight is 218 g/mol. The van der Waals surface area contributed by atoms with Crippen LogP contribution in [0, 0.1) is 0 Å². The second-order valence-corrected chi connectivity index (χ2v) is 2.99. The minimum Gasteiger partial charge on any atom is -0.478 e. The molecule has 5 nitrogen and oxygen atoms in total. The number of carboxylic acids is 1. The van der Waals surface area contributed by atoms with E-state index in [2.05, 4.69) is 6.58 Å². The van der Waals surface area contributed by atoms with Gasteiger partial charge in [-0.1, -0.05) is 13.5 Å². The van der Waals surface area contributed by atoms with Gasteiger partial charge in [0.05, 0.1) is 5.57 Å². The molecule has 0 aromatic heterocycles. The van der Waals surface area contributed by atoms with Gasteiger partial charge in [0.2, 0.25) is 5.79 Å². The number of aliphatic carboxylic acids is 1. The van der Waals surface area contributed by atoms with Crippen molar-refractivity contribution in [1.29, 1.82) is 0 Å². The minimum atomic E-state index is -1.44. The van der Waals surface area contributed by atoms with E-state index in [4.69, 9.17) is 19.3 Å². The van der Waals surface area contributed by atoms with Gasteiger partial charge in [0.25, 0.3) is 0 Å². The fraction of sp³-hybridized carbons (Fsp3) is 0.700. The highest BCUT2D eigenvalue weighted by molar-refractivity contribution is 5.88. The largest absolute Gasteiger partial charge is 0.478 e. The number of methoxy groups -OCH3 is 3. The van der Waals surface area contributed by atoms with Crippen LogP contribution in [0.25, 0.3) is 0 Å². The third-order valence-electron chi connectivity index (χ3n) is 2.36. The van der Waals surface area contributed by atoms with E-state index in [1.54, 1.807) is 0 Å². The highest BCUT2D eigenvalue weighted by Gasteiger charge is 2.44. The van der Waals surface area contributed by atoms with Crippen LogP contribution in [-0.2, 0) is 19.0 Å².